The van der Waals surface area contributed by atoms with Crippen LogP contribution in [-0.4, -0.2) is 37.3 Å². The number of thiophene rings is 1. The molecule has 0 fully saturated rings. The molecule has 3 aromatic heterocycles. The lowest BCUT2D eigenvalue weighted by molar-refractivity contribution is 0.208. The van der Waals surface area contributed by atoms with Crippen molar-refractivity contribution >= 4 is 33.1 Å². The van der Waals surface area contributed by atoms with Gasteiger partial charge in [-0.25, -0.2) is 9.97 Å². The smallest absolute Gasteiger partial charge is 0.227 e. The molecule has 0 aliphatic heterocycles. The molecule has 3 heterocycles. The third-order valence-electron chi connectivity index (χ3n) is 4.27. The molecule has 2 N–H and O–H groups in total. The van der Waals surface area contributed by atoms with Gasteiger partial charge in [0.2, 0.25) is 5.95 Å². The van der Waals surface area contributed by atoms with Crippen LogP contribution in [0.25, 0.3) is 15.9 Å². The Kier molecular flexibility index (Phi) is 3.27. The maximum atomic E-state index is 9.48. The predicted molar refractivity (Wildman–Crippen MR) is 87.7 cm³/mol. The number of fused-ring (bicyclic) bond motifs is 5. The molecule has 0 bridgehead atoms. The number of aliphatic hydroxyl groups is 1. The van der Waals surface area contributed by atoms with E-state index in [0.717, 1.165) is 22.3 Å². The van der Waals surface area contributed by atoms with Crippen molar-refractivity contribution in [3.63, 3.8) is 0 Å². The number of aliphatic hydroxyl groups excluding tert-OH is 1. The summed E-state index contributed by atoms with van der Waals surface area (Å²) < 4.78 is 1.75. The van der Waals surface area contributed by atoms with E-state index in [1.165, 1.54) is 23.3 Å². The molecule has 6 nitrogen and oxygen atoms in total. The Labute approximate surface area is 132 Å². The molecule has 2 atom stereocenters. The van der Waals surface area contributed by atoms with Gasteiger partial charge in [0.15, 0.2) is 5.65 Å². The maximum Gasteiger partial charge on any atom is 0.227 e. The molecular formula is C15H19N5OS. The van der Waals surface area contributed by atoms with Crippen LogP contribution in [0.15, 0.2) is 6.33 Å². The molecule has 116 valence electrons. The van der Waals surface area contributed by atoms with Crippen molar-refractivity contribution < 1.29 is 5.11 Å². The lowest BCUT2D eigenvalue weighted by Gasteiger charge is -2.18. The summed E-state index contributed by atoms with van der Waals surface area (Å²) in [5.74, 6) is 1.20. The molecule has 0 saturated carbocycles. The van der Waals surface area contributed by atoms with Crippen molar-refractivity contribution in [3.05, 3.63) is 16.8 Å². The molecule has 0 amide bonds. The quantitative estimate of drug-likeness (QED) is 0.776. The van der Waals surface area contributed by atoms with Crippen molar-refractivity contribution in [1.29, 1.82) is 0 Å². The molecule has 0 unspecified atom stereocenters. The zero-order valence-electron chi connectivity index (χ0n) is 12.7. The van der Waals surface area contributed by atoms with Crippen LogP contribution < -0.4 is 5.32 Å². The number of aryl methyl sites for hydroxylation is 1. The lowest BCUT2D eigenvalue weighted by atomic mass is 9.87. The summed E-state index contributed by atoms with van der Waals surface area (Å²) in [5.41, 5.74) is 2.28. The molecule has 7 heteroatoms. The summed E-state index contributed by atoms with van der Waals surface area (Å²) in [6, 6.07) is 0. The Morgan fingerprint density at radius 1 is 1.55 bits per heavy atom. The highest BCUT2D eigenvalue weighted by atomic mass is 32.1. The van der Waals surface area contributed by atoms with Crippen LogP contribution in [0.5, 0.6) is 0 Å². The van der Waals surface area contributed by atoms with Gasteiger partial charge < -0.3 is 10.4 Å². The highest BCUT2D eigenvalue weighted by Gasteiger charge is 2.25. The van der Waals surface area contributed by atoms with Gasteiger partial charge in [0, 0.05) is 11.4 Å². The number of anilines is 1. The normalized spacial score (nSPS) is 19.5. The van der Waals surface area contributed by atoms with E-state index in [1.54, 1.807) is 29.1 Å². The lowest BCUT2D eigenvalue weighted by Crippen LogP contribution is -2.18. The van der Waals surface area contributed by atoms with Gasteiger partial charge in [-0.1, -0.05) is 6.92 Å². The van der Waals surface area contributed by atoms with Crippen LogP contribution in [0.3, 0.4) is 0 Å². The first-order valence-corrected chi connectivity index (χ1v) is 8.53. The van der Waals surface area contributed by atoms with Crippen LogP contribution in [-0.2, 0) is 6.42 Å². The minimum atomic E-state index is -0.437. The van der Waals surface area contributed by atoms with Gasteiger partial charge in [-0.15, -0.1) is 11.3 Å². The highest BCUT2D eigenvalue weighted by Crippen LogP contribution is 2.43. The molecule has 0 saturated heterocycles. The van der Waals surface area contributed by atoms with E-state index in [9.17, 15) is 5.11 Å². The van der Waals surface area contributed by atoms with Crippen molar-refractivity contribution in [3.8, 4) is 0 Å². The Balaban J connectivity index is 1.95. The summed E-state index contributed by atoms with van der Waals surface area (Å²) in [5, 5.41) is 18.1. The first kappa shape index (κ1) is 13.9. The first-order chi connectivity index (χ1) is 10.6. The molecular weight excluding hydrogens is 298 g/mol. The Morgan fingerprint density at radius 3 is 3.23 bits per heavy atom. The minimum Gasteiger partial charge on any atom is -0.392 e. The average molecular weight is 317 g/mol. The van der Waals surface area contributed by atoms with Gasteiger partial charge in [0.1, 0.15) is 11.2 Å². The third kappa shape index (κ3) is 2.07. The molecule has 0 aromatic carbocycles. The number of hydrogen-bond donors (Lipinski definition) is 2. The molecule has 0 radical (unpaired) electrons. The maximum absolute atomic E-state index is 9.48. The Bertz CT molecular complexity index is 837. The second-order valence-corrected chi connectivity index (χ2v) is 7.16. The van der Waals surface area contributed by atoms with Crippen LogP contribution in [0.1, 0.15) is 43.0 Å². The number of rotatable bonds is 3. The van der Waals surface area contributed by atoms with E-state index in [2.05, 4.69) is 22.3 Å². The largest absolute Gasteiger partial charge is 0.392 e. The fourth-order valence-electron chi connectivity index (χ4n) is 3.26. The molecule has 1 aliphatic rings. The van der Waals surface area contributed by atoms with Gasteiger partial charge in [0.25, 0.3) is 0 Å². The van der Waals surface area contributed by atoms with Crippen LogP contribution in [0.2, 0.25) is 0 Å². The summed E-state index contributed by atoms with van der Waals surface area (Å²) in [7, 11) is 0. The van der Waals surface area contributed by atoms with Crippen molar-refractivity contribution in [2.45, 2.75) is 45.1 Å². The van der Waals surface area contributed by atoms with E-state index in [-0.39, 0.29) is 0 Å². The topological polar surface area (TPSA) is 75.3 Å². The monoisotopic (exact) mass is 317 g/mol. The summed E-state index contributed by atoms with van der Waals surface area (Å²) in [4.78, 5) is 11.7. The third-order valence-corrected chi connectivity index (χ3v) is 5.43. The average Bonchev–Trinajstić information content (AvgIpc) is 3.08. The van der Waals surface area contributed by atoms with Gasteiger partial charge in [-0.05, 0) is 37.7 Å². The first-order valence-electron chi connectivity index (χ1n) is 7.72. The van der Waals surface area contributed by atoms with Crippen molar-refractivity contribution in [1.82, 2.24) is 19.6 Å². The molecule has 0 spiro atoms. The zero-order chi connectivity index (χ0) is 15.3. The second-order valence-electron chi connectivity index (χ2n) is 6.07. The Morgan fingerprint density at radius 2 is 2.41 bits per heavy atom. The number of nitrogens with one attached hydrogen (secondary N) is 1. The minimum absolute atomic E-state index is 0.437. The fourth-order valence-corrected chi connectivity index (χ4v) is 4.58. The fraction of sp³-hybridized carbons (Fsp3) is 0.533. The molecule has 3 aromatic rings. The van der Waals surface area contributed by atoms with Crippen LogP contribution in [0.4, 0.5) is 5.95 Å². The highest BCUT2D eigenvalue weighted by molar-refractivity contribution is 7.19. The summed E-state index contributed by atoms with van der Waals surface area (Å²) >= 11 is 1.78. The Hall–Kier alpha value is -1.73. The van der Waals surface area contributed by atoms with E-state index < -0.39 is 6.10 Å². The van der Waals surface area contributed by atoms with Crippen LogP contribution in [0, 0.1) is 0 Å². The number of nitrogens with zero attached hydrogens (tertiary/aromatic N) is 4. The van der Waals surface area contributed by atoms with Crippen LogP contribution >= 0.6 is 11.3 Å². The van der Waals surface area contributed by atoms with Gasteiger partial charge in [-0.3, -0.25) is 0 Å². The van der Waals surface area contributed by atoms with E-state index in [1.807, 2.05) is 0 Å². The summed E-state index contributed by atoms with van der Waals surface area (Å²) in [6.45, 7) is 4.47. The van der Waals surface area contributed by atoms with E-state index in [4.69, 9.17) is 4.98 Å². The molecule has 1 aliphatic carbocycles. The van der Waals surface area contributed by atoms with Gasteiger partial charge in [0.05, 0.1) is 11.5 Å². The second kappa shape index (κ2) is 5.17. The van der Waals surface area contributed by atoms with E-state index in [0.29, 0.717) is 18.4 Å². The SMILES string of the molecule is C[C@@H](O)CNc1nc2sc3c(c2c2ncnn12)[C@@H](C)CCC3. The number of hydrogen-bond acceptors (Lipinski definition) is 6. The number of aromatic nitrogens is 4. The zero-order valence-corrected chi connectivity index (χ0v) is 13.5. The molecule has 22 heavy (non-hydrogen) atoms. The van der Waals surface area contributed by atoms with Gasteiger partial charge in [-0.2, -0.15) is 9.61 Å². The van der Waals surface area contributed by atoms with Gasteiger partial charge >= 0.3 is 0 Å². The summed E-state index contributed by atoms with van der Waals surface area (Å²) in [6.07, 6.45) is 4.74. The van der Waals surface area contributed by atoms with E-state index >= 15 is 0 Å². The standard InChI is InChI=1S/C15H19N5OS/c1-8-4-3-5-10-11(8)12-13-17-7-18-20(13)15(16-6-9(2)21)19-14(12)22-10/h7-9,21H,3-6H2,1-2H3,(H,16,19)/t8-,9+/m0/s1. The predicted octanol–water partition coefficient (Wildman–Crippen LogP) is 2.57. The van der Waals surface area contributed by atoms with Crippen molar-refractivity contribution in [2.24, 2.45) is 0 Å². The molecule has 4 rings (SSSR count). The van der Waals surface area contributed by atoms with Crippen molar-refractivity contribution in [2.75, 3.05) is 11.9 Å².